The van der Waals surface area contributed by atoms with Gasteiger partial charge in [-0.05, 0) is 29.8 Å². The maximum atomic E-state index is 13.1. The first-order chi connectivity index (χ1) is 14.4. The van der Waals surface area contributed by atoms with E-state index in [1.807, 2.05) is 30.3 Å². The van der Waals surface area contributed by atoms with E-state index in [9.17, 15) is 18.8 Å². The van der Waals surface area contributed by atoms with Crippen LogP contribution in [0.1, 0.15) is 12.0 Å². The van der Waals surface area contributed by atoms with E-state index >= 15 is 0 Å². The van der Waals surface area contributed by atoms with E-state index in [-0.39, 0.29) is 37.6 Å². The molecule has 0 radical (unpaired) electrons. The number of benzene rings is 2. The number of hydrazone groups is 1. The average Bonchev–Trinajstić information content (AvgIpc) is 3.18. The molecule has 0 aliphatic carbocycles. The fourth-order valence-electron chi connectivity index (χ4n) is 3.02. The summed E-state index contributed by atoms with van der Waals surface area (Å²) in [7, 11) is 0. The summed E-state index contributed by atoms with van der Waals surface area (Å²) in [5.74, 6) is -1.67. The van der Waals surface area contributed by atoms with Crippen LogP contribution in [0.2, 0.25) is 0 Å². The molecule has 30 heavy (non-hydrogen) atoms. The van der Waals surface area contributed by atoms with Gasteiger partial charge < -0.3 is 16.4 Å². The van der Waals surface area contributed by atoms with Gasteiger partial charge in [0, 0.05) is 19.5 Å². The van der Waals surface area contributed by atoms with Gasteiger partial charge in [0.25, 0.3) is 5.91 Å². The van der Waals surface area contributed by atoms with Crippen molar-refractivity contribution in [2.45, 2.75) is 18.9 Å². The summed E-state index contributed by atoms with van der Waals surface area (Å²) in [6.07, 6.45) is 0.299. The van der Waals surface area contributed by atoms with E-state index in [0.29, 0.717) is 5.69 Å². The number of hydrogen-bond acceptors (Lipinski definition) is 5. The number of rotatable bonds is 8. The third kappa shape index (κ3) is 5.40. The highest BCUT2D eigenvalue weighted by Gasteiger charge is 2.34. The Balaban J connectivity index is 1.50. The summed E-state index contributed by atoms with van der Waals surface area (Å²) in [5, 5.41) is 10.9. The van der Waals surface area contributed by atoms with Crippen LogP contribution in [-0.4, -0.2) is 42.6 Å². The zero-order valence-corrected chi connectivity index (χ0v) is 16.2. The lowest BCUT2D eigenvalue weighted by Crippen LogP contribution is -2.40. The Morgan fingerprint density at radius 3 is 2.37 bits per heavy atom. The molecule has 0 spiro atoms. The van der Waals surface area contributed by atoms with Crippen LogP contribution in [0.25, 0.3) is 0 Å². The normalized spacial score (nSPS) is 15.4. The summed E-state index contributed by atoms with van der Waals surface area (Å²) in [4.78, 5) is 36.1. The second-order valence-electron chi connectivity index (χ2n) is 6.76. The molecule has 156 valence electrons. The minimum Gasteiger partial charge on any atom is -0.368 e. The molecular weight excluding hydrogens is 389 g/mol. The fourth-order valence-corrected chi connectivity index (χ4v) is 3.02. The van der Waals surface area contributed by atoms with Gasteiger partial charge in [-0.2, -0.15) is 5.10 Å². The van der Waals surface area contributed by atoms with Crippen molar-refractivity contribution in [1.82, 2.24) is 10.6 Å². The number of primary amides is 1. The Morgan fingerprint density at radius 2 is 1.70 bits per heavy atom. The number of anilines is 1. The van der Waals surface area contributed by atoms with Crippen molar-refractivity contribution < 1.29 is 18.8 Å². The molecule has 4 N–H and O–H groups in total. The lowest BCUT2D eigenvalue weighted by Gasteiger charge is -2.20. The van der Waals surface area contributed by atoms with Crippen LogP contribution in [-0.2, 0) is 20.8 Å². The molecule has 1 atom stereocenters. The van der Waals surface area contributed by atoms with Gasteiger partial charge in [0.05, 0.1) is 12.1 Å². The predicted octanol–water partition coefficient (Wildman–Crippen LogP) is 0.721. The second-order valence-corrected chi connectivity index (χ2v) is 6.76. The highest BCUT2D eigenvalue weighted by atomic mass is 19.1. The van der Waals surface area contributed by atoms with Crippen LogP contribution < -0.4 is 21.4 Å². The number of hydrogen-bond donors (Lipinski definition) is 3. The molecule has 1 aliphatic heterocycles. The molecule has 0 saturated carbocycles. The summed E-state index contributed by atoms with van der Waals surface area (Å²) in [5.41, 5.74) is 6.92. The van der Waals surface area contributed by atoms with Gasteiger partial charge in [-0.3, -0.25) is 19.4 Å². The molecule has 8 nitrogen and oxygen atoms in total. The Kier molecular flexibility index (Phi) is 6.74. The molecule has 2 aromatic carbocycles. The lowest BCUT2D eigenvalue weighted by molar-refractivity contribution is -0.121. The molecule has 0 saturated heterocycles. The number of nitrogens with zero attached hydrogens (tertiary/aromatic N) is 2. The molecule has 0 bridgehead atoms. The van der Waals surface area contributed by atoms with Crippen molar-refractivity contribution in [3.63, 3.8) is 0 Å². The maximum absolute atomic E-state index is 13.1. The van der Waals surface area contributed by atoms with Crippen molar-refractivity contribution in [3.8, 4) is 0 Å². The zero-order chi connectivity index (χ0) is 21.5. The Labute approximate surface area is 172 Å². The largest absolute Gasteiger partial charge is 0.368 e. The van der Waals surface area contributed by atoms with E-state index in [1.165, 1.54) is 29.3 Å². The molecule has 2 aromatic rings. The third-order valence-electron chi connectivity index (χ3n) is 4.53. The molecule has 0 fully saturated rings. The SMILES string of the molecule is NC(=O)C1CC(C(=O)NCCNC(=O)Cc2ccccc2)=NN1c1ccc(F)cc1. The van der Waals surface area contributed by atoms with Gasteiger partial charge in [0.15, 0.2) is 0 Å². The van der Waals surface area contributed by atoms with Crippen LogP contribution in [0.3, 0.4) is 0 Å². The Bertz CT molecular complexity index is 947. The molecule has 9 heteroatoms. The number of carbonyl (C=O) groups excluding carboxylic acids is 3. The average molecular weight is 411 g/mol. The molecule has 1 aliphatic rings. The van der Waals surface area contributed by atoms with Crippen molar-refractivity contribution >= 4 is 29.1 Å². The number of halogens is 1. The summed E-state index contributed by atoms with van der Waals surface area (Å²) < 4.78 is 13.1. The molecule has 1 heterocycles. The van der Waals surface area contributed by atoms with E-state index in [2.05, 4.69) is 15.7 Å². The topological polar surface area (TPSA) is 117 Å². The maximum Gasteiger partial charge on any atom is 0.267 e. The van der Waals surface area contributed by atoms with E-state index in [0.717, 1.165) is 5.56 Å². The lowest BCUT2D eigenvalue weighted by atomic mass is 10.1. The van der Waals surface area contributed by atoms with Gasteiger partial charge in [-0.15, -0.1) is 0 Å². The minimum atomic E-state index is -0.832. The summed E-state index contributed by atoms with van der Waals surface area (Å²) >= 11 is 0. The van der Waals surface area contributed by atoms with Crippen molar-refractivity contribution in [2.75, 3.05) is 18.1 Å². The predicted molar refractivity (Wildman–Crippen MR) is 110 cm³/mol. The smallest absolute Gasteiger partial charge is 0.267 e. The van der Waals surface area contributed by atoms with Crippen molar-refractivity contribution in [2.24, 2.45) is 10.8 Å². The second kappa shape index (κ2) is 9.64. The van der Waals surface area contributed by atoms with Gasteiger partial charge in [0.1, 0.15) is 17.6 Å². The molecule has 3 amide bonds. The van der Waals surface area contributed by atoms with E-state index in [4.69, 9.17) is 5.73 Å². The first kappa shape index (κ1) is 21.0. The fraction of sp³-hybridized carbons (Fsp3) is 0.238. The first-order valence-electron chi connectivity index (χ1n) is 9.44. The number of nitrogens with two attached hydrogens (primary N) is 1. The molecule has 0 aromatic heterocycles. The number of nitrogens with one attached hydrogen (secondary N) is 2. The van der Waals surface area contributed by atoms with Crippen LogP contribution in [0.5, 0.6) is 0 Å². The van der Waals surface area contributed by atoms with Crippen LogP contribution >= 0.6 is 0 Å². The standard InChI is InChI=1S/C21H22FN5O3/c22-15-6-8-16(9-7-15)27-18(20(23)29)13-17(26-27)21(30)25-11-10-24-19(28)12-14-4-2-1-3-5-14/h1-9,18H,10-13H2,(H2,23,29)(H,24,28)(H,25,30). The quantitative estimate of drug-likeness (QED) is 0.555. The van der Waals surface area contributed by atoms with Crippen LogP contribution in [0.4, 0.5) is 10.1 Å². The van der Waals surface area contributed by atoms with Gasteiger partial charge in [-0.1, -0.05) is 30.3 Å². The minimum absolute atomic E-state index is 0.0406. The zero-order valence-electron chi connectivity index (χ0n) is 16.2. The van der Waals surface area contributed by atoms with E-state index < -0.39 is 23.7 Å². The van der Waals surface area contributed by atoms with Gasteiger partial charge in [-0.25, -0.2) is 4.39 Å². The van der Waals surface area contributed by atoms with Crippen molar-refractivity contribution in [1.29, 1.82) is 0 Å². The highest BCUT2D eigenvalue weighted by Crippen LogP contribution is 2.24. The van der Waals surface area contributed by atoms with Crippen LogP contribution in [0.15, 0.2) is 59.7 Å². The molecular formula is C21H22FN5O3. The third-order valence-corrected chi connectivity index (χ3v) is 4.53. The number of amides is 3. The Morgan fingerprint density at radius 1 is 1.03 bits per heavy atom. The van der Waals surface area contributed by atoms with E-state index in [1.54, 1.807) is 0 Å². The van der Waals surface area contributed by atoms with Crippen molar-refractivity contribution in [3.05, 3.63) is 66.0 Å². The summed E-state index contributed by atoms with van der Waals surface area (Å²) in [6, 6.07) is 13.9. The first-order valence-corrected chi connectivity index (χ1v) is 9.44. The van der Waals surface area contributed by atoms with Crippen LogP contribution in [0, 0.1) is 5.82 Å². The van der Waals surface area contributed by atoms with Gasteiger partial charge >= 0.3 is 0 Å². The molecule has 3 rings (SSSR count). The van der Waals surface area contributed by atoms with Gasteiger partial charge in [0.2, 0.25) is 11.8 Å². The highest BCUT2D eigenvalue weighted by molar-refractivity contribution is 6.40. The number of carbonyl (C=O) groups is 3. The summed E-state index contributed by atoms with van der Waals surface area (Å²) in [6.45, 7) is 0.460. The monoisotopic (exact) mass is 411 g/mol. The molecule has 1 unspecified atom stereocenters. The Hall–Kier alpha value is -3.75.